The smallest absolute Gasteiger partial charge is 0.0995 e. The highest BCUT2D eigenvalue weighted by Gasteiger charge is 2.25. The van der Waals surface area contributed by atoms with Crippen LogP contribution >= 0.6 is 0 Å². The molecule has 1 aliphatic rings. The Morgan fingerprint density at radius 3 is 2.60 bits per heavy atom. The zero-order valence-electron chi connectivity index (χ0n) is 8.35. The quantitative estimate of drug-likeness (QED) is 0.741. The molecule has 1 unspecified atom stereocenters. The monoisotopic (exact) mass is 196 g/mol. The first-order valence-corrected chi connectivity index (χ1v) is 5.03. The Bertz CT molecular complexity index is 497. The molecule has 2 heteroatoms. The third-order valence-electron chi connectivity index (χ3n) is 2.81. The van der Waals surface area contributed by atoms with Crippen molar-refractivity contribution < 1.29 is 0 Å². The van der Waals surface area contributed by atoms with Gasteiger partial charge in [-0.2, -0.15) is 0 Å². The van der Waals surface area contributed by atoms with E-state index in [0.29, 0.717) is 0 Å². The largest absolute Gasteiger partial charge is 0.357 e. The summed E-state index contributed by atoms with van der Waals surface area (Å²) in [6, 6.07) is 12.6. The van der Waals surface area contributed by atoms with Crippen LogP contribution < -0.4 is 5.32 Å². The van der Waals surface area contributed by atoms with Crippen molar-refractivity contribution in [1.82, 2.24) is 4.57 Å². The van der Waals surface area contributed by atoms with Crippen LogP contribution in [0, 0.1) is 0 Å². The average molecular weight is 196 g/mol. The van der Waals surface area contributed by atoms with Crippen LogP contribution in [0.3, 0.4) is 0 Å². The van der Waals surface area contributed by atoms with Gasteiger partial charge in [0.15, 0.2) is 0 Å². The lowest BCUT2D eigenvalue weighted by Gasteiger charge is -2.13. The van der Waals surface area contributed by atoms with Gasteiger partial charge in [0.05, 0.1) is 6.04 Å². The first kappa shape index (κ1) is 8.36. The van der Waals surface area contributed by atoms with Crippen LogP contribution in [-0.4, -0.2) is 4.57 Å². The van der Waals surface area contributed by atoms with Crippen molar-refractivity contribution in [1.29, 1.82) is 0 Å². The first-order valence-electron chi connectivity index (χ1n) is 5.03. The molecule has 74 valence electrons. The molecule has 2 aromatic rings. The number of nitrogens with zero attached hydrogens (tertiary/aromatic N) is 1. The van der Waals surface area contributed by atoms with Crippen LogP contribution in [-0.2, 0) is 0 Å². The summed E-state index contributed by atoms with van der Waals surface area (Å²) in [4.78, 5) is 0. The Morgan fingerprint density at radius 2 is 1.80 bits per heavy atom. The number of para-hydroxylation sites is 1. The second-order valence-electron chi connectivity index (χ2n) is 3.77. The van der Waals surface area contributed by atoms with Crippen molar-refractivity contribution in [2.45, 2.75) is 6.04 Å². The van der Waals surface area contributed by atoms with Gasteiger partial charge < -0.3 is 9.88 Å². The van der Waals surface area contributed by atoms with E-state index in [1.807, 2.05) is 18.2 Å². The Morgan fingerprint density at radius 1 is 1.07 bits per heavy atom. The third kappa shape index (κ3) is 1.18. The van der Waals surface area contributed by atoms with Gasteiger partial charge in [0.1, 0.15) is 0 Å². The van der Waals surface area contributed by atoms with Gasteiger partial charge in [0, 0.05) is 29.3 Å². The topological polar surface area (TPSA) is 17.0 Å². The maximum absolute atomic E-state index is 4.07. The van der Waals surface area contributed by atoms with Gasteiger partial charge in [-0.25, -0.2) is 0 Å². The Balaban J connectivity index is 2.14. The minimum Gasteiger partial charge on any atom is -0.357 e. The lowest BCUT2D eigenvalue weighted by Crippen LogP contribution is -2.07. The molecule has 2 heterocycles. The SMILES string of the molecule is C=C1Nc2ccccc2C1n1cccc1. The number of nitrogens with one attached hydrogen (secondary N) is 1. The zero-order chi connectivity index (χ0) is 10.3. The molecule has 0 radical (unpaired) electrons. The molecule has 0 fully saturated rings. The van der Waals surface area contributed by atoms with E-state index in [1.54, 1.807) is 0 Å². The van der Waals surface area contributed by atoms with Gasteiger partial charge in [0.2, 0.25) is 0 Å². The number of rotatable bonds is 1. The molecule has 0 saturated carbocycles. The summed E-state index contributed by atoms with van der Waals surface area (Å²) in [7, 11) is 0. The first-order chi connectivity index (χ1) is 7.36. The van der Waals surface area contributed by atoms with Crippen molar-refractivity contribution in [2.24, 2.45) is 0 Å². The van der Waals surface area contributed by atoms with Gasteiger partial charge in [-0.05, 0) is 18.2 Å². The normalized spacial score (nSPS) is 18.7. The molecule has 1 N–H and O–H groups in total. The minimum absolute atomic E-state index is 0.233. The predicted octanol–water partition coefficient (Wildman–Crippen LogP) is 3.02. The van der Waals surface area contributed by atoms with Gasteiger partial charge in [0.25, 0.3) is 0 Å². The lowest BCUT2D eigenvalue weighted by atomic mass is 10.1. The number of benzene rings is 1. The van der Waals surface area contributed by atoms with E-state index in [-0.39, 0.29) is 6.04 Å². The Kier molecular flexibility index (Phi) is 1.68. The summed E-state index contributed by atoms with van der Waals surface area (Å²) in [5, 5.41) is 3.32. The number of anilines is 1. The molecule has 0 aliphatic carbocycles. The molecule has 1 atom stereocenters. The van der Waals surface area contributed by atoms with E-state index >= 15 is 0 Å². The summed E-state index contributed by atoms with van der Waals surface area (Å²) in [5.74, 6) is 0. The van der Waals surface area contributed by atoms with Crippen LogP contribution in [0.2, 0.25) is 0 Å². The molecule has 15 heavy (non-hydrogen) atoms. The van der Waals surface area contributed by atoms with E-state index in [2.05, 4.69) is 47.1 Å². The van der Waals surface area contributed by atoms with Crippen molar-refractivity contribution in [3.05, 3.63) is 66.6 Å². The Hall–Kier alpha value is -1.96. The van der Waals surface area contributed by atoms with Crippen molar-refractivity contribution >= 4 is 5.69 Å². The van der Waals surface area contributed by atoms with Crippen molar-refractivity contribution in [3.63, 3.8) is 0 Å². The highest BCUT2D eigenvalue weighted by molar-refractivity contribution is 5.64. The van der Waals surface area contributed by atoms with Crippen LogP contribution in [0.1, 0.15) is 11.6 Å². The van der Waals surface area contributed by atoms with E-state index < -0.39 is 0 Å². The molecule has 1 aromatic carbocycles. The molecule has 0 spiro atoms. The molecular weight excluding hydrogens is 184 g/mol. The summed E-state index contributed by atoms with van der Waals surface area (Å²) in [6.07, 6.45) is 4.14. The van der Waals surface area contributed by atoms with Crippen LogP contribution in [0.4, 0.5) is 5.69 Å². The minimum atomic E-state index is 0.233. The summed E-state index contributed by atoms with van der Waals surface area (Å²) >= 11 is 0. The fourth-order valence-corrected chi connectivity index (χ4v) is 2.14. The highest BCUT2D eigenvalue weighted by atomic mass is 15.1. The van der Waals surface area contributed by atoms with Gasteiger partial charge in [-0.3, -0.25) is 0 Å². The Labute approximate surface area is 88.9 Å². The van der Waals surface area contributed by atoms with Crippen LogP contribution in [0.5, 0.6) is 0 Å². The lowest BCUT2D eigenvalue weighted by molar-refractivity contribution is 0.695. The van der Waals surface area contributed by atoms with Crippen LogP contribution in [0.25, 0.3) is 0 Å². The van der Waals surface area contributed by atoms with E-state index in [1.165, 1.54) is 11.3 Å². The van der Waals surface area contributed by atoms with Gasteiger partial charge in [-0.15, -0.1) is 0 Å². The number of hydrogen-bond acceptors (Lipinski definition) is 1. The third-order valence-corrected chi connectivity index (χ3v) is 2.81. The number of aromatic nitrogens is 1. The van der Waals surface area contributed by atoms with Gasteiger partial charge >= 0.3 is 0 Å². The molecule has 3 rings (SSSR count). The molecule has 0 bridgehead atoms. The standard InChI is InChI=1S/C13H12N2/c1-10-13(15-8-4-5-9-15)11-6-2-3-7-12(11)14-10/h2-9,13-14H,1H2. The predicted molar refractivity (Wildman–Crippen MR) is 61.8 cm³/mol. The average Bonchev–Trinajstić information content (AvgIpc) is 2.82. The number of fused-ring (bicyclic) bond motifs is 1. The fourth-order valence-electron chi connectivity index (χ4n) is 2.14. The van der Waals surface area contributed by atoms with Crippen molar-refractivity contribution in [3.8, 4) is 0 Å². The molecule has 2 nitrogen and oxygen atoms in total. The van der Waals surface area contributed by atoms with Crippen LogP contribution in [0.15, 0.2) is 61.1 Å². The van der Waals surface area contributed by atoms with E-state index in [0.717, 1.165) is 5.70 Å². The summed E-state index contributed by atoms with van der Waals surface area (Å²) < 4.78 is 2.17. The molecule has 1 aliphatic heterocycles. The second-order valence-corrected chi connectivity index (χ2v) is 3.77. The number of allylic oxidation sites excluding steroid dienone is 1. The van der Waals surface area contributed by atoms with E-state index in [4.69, 9.17) is 0 Å². The zero-order valence-corrected chi connectivity index (χ0v) is 8.35. The summed E-state index contributed by atoms with van der Waals surface area (Å²) in [5.41, 5.74) is 3.49. The molecule has 1 aromatic heterocycles. The maximum atomic E-state index is 4.07. The number of hydrogen-bond donors (Lipinski definition) is 1. The highest BCUT2D eigenvalue weighted by Crippen LogP contribution is 2.38. The fraction of sp³-hybridized carbons (Fsp3) is 0.0769. The molecule has 0 saturated heterocycles. The summed E-state index contributed by atoms with van der Waals surface area (Å²) in [6.45, 7) is 4.07. The van der Waals surface area contributed by atoms with E-state index in [9.17, 15) is 0 Å². The van der Waals surface area contributed by atoms with Gasteiger partial charge in [-0.1, -0.05) is 24.8 Å². The molecular formula is C13H12N2. The molecule has 0 amide bonds. The maximum Gasteiger partial charge on any atom is 0.0995 e. The second kappa shape index (κ2) is 3.02. The van der Waals surface area contributed by atoms with Crippen molar-refractivity contribution in [2.75, 3.05) is 5.32 Å².